The van der Waals surface area contributed by atoms with Gasteiger partial charge in [-0.2, -0.15) is 0 Å². The highest BCUT2D eigenvalue weighted by Crippen LogP contribution is 2.44. The third-order valence-electron chi connectivity index (χ3n) is 7.95. The molecule has 0 saturated carbocycles. The summed E-state index contributed by atoms with van der Waals surface area (Å²) in [5.74, 6) is -0.130. The smallest absolute Gasteiger partial charge is 0.250 e. The molecule has 0 bridgehead atoms. The van der Waals surface area contributed by atoms with Crippen LogP contribution in [0.25, 0.3) is 0 Å². The zero-order chi connectivity index (χ0) is 27.3. The molecule has 0 aromatic heterocycles. The first-order valence-electron chi connectivity index (χ1n) is 12.5. The summed E-state index contributed by atoms with van der Waals surface area (Å²) < 4.78 is 13.3. The van der Waals surface area contributed by atoms with E-state index in [-0.39, 0.29) is 21.8 Å². The summed E-state index contributed by atoms with van der Waals surface area (Å²) in [7, 11) is -4.39. The molecule has 1 unspecified atom stereocenters. The quantitative estimate of drug-likeness (QED) is 0.226. The maximum atomic E-state index is 13.6. The van der Waals surface area contributed by atoms with Gasteiger partial charge in [0, 0.05) is 16.3 Å². The topological polar surface area (TPSA) is 64.6 Å². The SMILES string of the molecule is CC(C)(C)[Si](C)(C)Oc1ccc(C(=O)C2Cc3cc(Cl)ccc3NC2=O)cc1O[Si](C)(C)C(C)(C)C. The lowest BCUT2D eigenvalue weighted by atomic mass is 9.87. The number of hydrogen-bond acceptors (Lipinski definition) is 4. The maximum Gasteiger partial charge on any atom is 0.250 e. The molecule has 0 radical (unpaired) electrons. The van der Waals surface area contributed by atoms with Crippen LogP contribution in [-0.4, -0.2) is 28.3 Å². The van der Waals surface area contributed by atoms with Crippen molar-refractivity contribution in [2.75, 3.05) is 5.32 Å². The summed E-state index contributed by atoms with van der Waals surface area (Å²) in [5.41, 5.74) is 2.00. The molecule has 1 heterocycles. The van der Waals surface area contributed by atoms with E-state index in [1.165, 1.54) is 0 Å². The van der Waals surface area contributed by atoms with E-state index in [1.54, 1.807) is 30.3 Å². The fraction of sp³-hybridized carbons (Fsp3) is 0.500. The van der Waals surface area contributed by atoms with E-state index >= 15 is 0 Å². The normalized spacial score (nSPS) is 16.8. The first-order valence-corrected chi connectivity index (χ1v) is 18.7. The maximum absolute atomic E-state index is 13.6. The van der Waals surface area contributed by atoms with Gasteiger partial charge in [-0.05, 0) is 84.6 Å². The van der Waals surface area contributed by atoms with Crippen molar-refractivity contribution in [1.29, 1.82) is 0 Å². The van der Waals surface area contributed by atoms with Gasteiger partial charge in [-0.25, -0.2) is 0 Å². The second-order valence-electron chi connectivity index (χ2n) is 12.8. The Kier molecular flexibility index (Phi) is 7.63. The molecular formula is C28H40ClNO4Si2. The molecule has 1 N–H and O–H groups in total. The molecule has 0 saturated heterocycles. The van der Waals surface area contributed by atoms with E-state index in [4.69, 9.17) is 20.5 Å². The number of Topliss-reactive ketones (excluding diaryl/α,β-unsaturated/α-hetero) is 1. The van der Waals surface area contributed by atoms with Gasteiger partial charge < -0.3 is 14.2 Å². The number of ketones is 1. The van der Waals surface area contributed by atoms with Gasteiger partial charge in [0.1, 0.15) is 17.4 Å². The first kappa shape index (κ1) is 28.5. The Morgan fingerprint density at radius 1 is 0.889 bits per heavy atom. The van der Waals surface area contributed by atoms with Crippen molar-refractivity contribution >= 4 is 45.6 Å². The van der Waals surface area contributed by atoms with Crippen molar-refractivity contribution in [3.8, 4) is 11.5 Å². The Hall–Kier alpha value is -2.10. The van der Waals surface area contributed by atoms with Gasteiger partial charge in [0.15, 0.2) is 5.78 Å². The average molecular weight is 546 g/mol. The molecule has 5 nitrogen and oxygen atoms in total. The molecular weight excluding hydrogens is 506 g/mol. The van der Waals surface area contributed by atoms with Crippen LogP contribution in [0.3, 0.4) is 0 Å². The van der Waals surface area contributed by atoms with E-state index in [0.29, 0.717) is 34.2 Å². The Labute approximate surface area is 223 Å². The highest BCUT2D eigenvalue weighted by Gasteiger charge is 2.42. The molecule has 2 aromatic carbocycles. The summed E-state index contributed by atoms with van der Waals surface area (Å²) in [4.78, 5) is 26.5. The van der Waals surface area contributed by atoms with Crippen molar-refractivity contribution < 1.29 is 18.4 Å². The molecule has 0 fully saturated rings. The molecule has 0 spiro atoms. The summed E-state index contributed by atoms with van der Waals surface area (Å²) in [6, 6.07) is 10.7. The van der Waals surface area contributed by atoms with Crippen molar-refractivity contribution in [1.82, 2.24) is 0 Å². The third kappa shape index (κ3) is 5.89. The van der Waals surface area contributed by atoms with Crippen LogP contribution in [0.4, 0.5) is 5.69 Å². The molecule has 8 heteroatoms. The minimum absolute atomic E-state index is 0.00455. The van der Waals surface area contributed by atoms with Gasteiger partial charge in [0.25, 0.3) is 16.6 Å². The van der Waals surface area contributed by atoms with Crippen LogP contribution < -0.4 is 14.2 Å². The second-order valence-corrected chi connectivity index (χ2v) is 22.7. The molecule has 0 aliphatic carbocycles. The van der Waals surface area contributed by atoms with Gasteiger partial charge >= 0.3 is 0 Å². The van der Waals surface area contributed by atoms with Crippen molar-refractivity contribution in [2.24, 2.45) is 5.92 Å². The van der Waals surface area contributed by atoms with Gasteiger partial charge in [0.05, 0.1) is 0 Å². The molecule has 36 heavy (non-hydrogen) atoms. The number of amides is 1. The Morgan fingerprint density at radius 2 is 1.44 bits per heavy atom. The highest BCUT2D eigenvalue weighted by molar-refractivity contribution is 6.75. The number of carbonyl (C=O) groups excluding carboxylic acids is 2. The second kappa shape index (κ2) is 9.65. The summed E-state index contributed by atoms with van der Waals surface area (Å²) in [6.45, 7) is 21.8. The monoisotopic (exact) mass is 545 g/mol. The summed E-state index contributed by atoms with van der Waals surface area (Å²) >= 11 is 6.16. The van der Waals surface area contributed by atoms with E-state index in [9.17, 15) is 9.59 Å². The van der Waals surface area contributed by atoms with Crippen LogP contribution >= 0.6 is 11.6 Å². The highest BCUT2D eigenvalue weighted by atomic mass is 35.5. The molecule has 3 rings (SSSR count). The Morgan fingerprint density at radius 3 is 2.00 bits per heavy atom. The number of hydrogen-bond donors (Lipinski definition) is 1. The predicted molar refractivity (Wildman–Crippen MR) is 154 cm³/mol. The van der Waals surface area contributed by atoms with Crippen molar-refractivity contribution in [3.05, 3.63) is 52.5 Å². The molecule has 1 atom stereocenters. The van der Waals surface area contributed by atoms with Crippen LogP contribution in [0.15, 0.2) is 36.4 Å². The van der Waals surface area contributed by atoms with Crippen LogP contribution in [0.1, 0.15) is 57.5 Å². The van der Waals surface area contributed by atoms with E-state index in [0.717, 1.165) is 5.56 Å². The number of halogens is 1. The number of fused-ring (bicyclic) bond motifs is 1. The zero-order valence-electron chi connectivity index (χ0n) is 23.3. The van der Waals surface area contributed by atoms with Gasteiger partial charge in [-0.1, -0.05) is 53.1 Å². The fourth-order valence-corrected chi connectivity index (χ4v) is 5.71. The minimum atomic E-state index is -2.23. The van der Waals surface area contributed by atoms with Gasteiger partial charge in [0.2, 0.25) is 5.91 Å². The predicted octanol–water partition coefficient (Wildman–Crippen LogP) is 8.10. The zero-order valence-corrected chi connectivity index (χ0v) is 26.0. The fourth-order valence-electron chi connectivity index (χ4n) is 3.48. The van der Waals surface area contributed by atoms with Gasteiger partial charge in [-0.3, -0.25) is 9.59 Å². The number of rotatable bonds is 6. The van der Waals surface area contributed by atoms with Crippen LogP contribution in [-0.2, 0) is 11.2 Å². The molecule has 1 aliphatic heterocycles. The van der Waals surface area contributed by atoms with Gasteiger partial charge in [-0.15, -0.1) is 0 Å². The number of carbonyl (C=O) groups is 2. The van der Waals surface area contributed by atoms with E-state index in [1.807, 2.05) is 6.07 Å². The van der Waals surface area contributed by atoms with Crippen molar-refractivity contribution in [2.45, 2.75) is 84.2 Å². The minimum Gasteiger partial charge on any atom is -0.541 e. The lowest BCUT2D eigenvalue weighted by Gasteiger charge is -2.39. The van der Waals surface area contributed by atoms with E-state index in [2.05, 4.69) is 73.0 Å². The molecule has 196 valence electrons. The summed E-state index contributed by atoms with van der Waals surface area (Å²) in [5, 5.41) is 3.41. The average Bonchev–Trinajstić information content (AvgIpc) is 2.72. The molecule has 1 aliphatic rings. The van der Waals surface area contributed by atoms with E-state index < -0.39 is 22.6 Å². The standard InChI is InChI=1S/C28H40ClNO4Si2/c1-27(2,3)35(7,8)33-23-14-11-18(17-24(23)34-36(9,10)28(4,5)6)25(31)21-16-19-15-20(29)12-13-22(19)30-26(21)32/h11-15,17,21H,16H2,1-10H3,(H,30,32). The largest absolute Gasteiger partial charge is 0.541 e. The Balaban J connectivity index is 2.01. The van der Waals surface area contributed by atoms with Crippen molar-refractivity contribution in [3.63, 3.8) is 0 Å². The van der Waals surface area contributed by atoms with Crippen LogP contribution in [0.2, 0.25) is 41.3 Å². The first-order chi connectivity index (χ1) is 16.3. The molecule has 2 aromatic rings. The number of benzene rings is 2. The number of nitrogens with one attached hydrogen (secondary N) is 1. The third-order valence-corrected chi connectivity index (χ3v) is 16.9. The van der Waals surface area contributed by atoms with Crippen LogP contribution in [0, 0.1) is 5.92 Å². The summed E-state index contributed by atoms with van der Waals surface area (Å²) in [6.07, 6.45) is 0.307. The molecule has 1 amide bonds. The number of anilines is 1. The van der Waals surface area contributed by atoms with Crippen LogP contribution in [0.5, 0.6) is 11.5 Å². The lowest BCUT2D eigenvalue weighted by molar-refractivity contribution is -0.118. The Bertz CT molecular complexity index is 1180. The lowest BCUT2D eigenvalue weighted by Crippen LogP contribution is -2.45.